The van der Waals surface area contributed by atoms with E-state index in [1.54, 1.807) is 4.90 Å². The van der Waals surface area contributed by atoms with Crippen LogP contribution < -0.4 is 4.90 Å². The van der Waals surface area contributed by atoms with Crippen LogP contribution in [0.5, 0.6) is 0 Å². The Morgan fingerprint density at radius 2 is 2.19 bits per heavy atom. The van der Waals surface area contributed by atoms with Gasteiger partial charge in [0.25, 0.3) is 0 Å². The van der Waals surface area contributed by atoms with E-state index in [-0.39, 0.29) is 12.1 Å². The Kier molecular flexibility index (Phi) is 5.68. The molecule has 0 saturated carbocycles. The Balaban J connectivity index is 2.33. The van der Waals surface area contributed by atoms with Crippen LogP contribution in [0.3, 0.4) is 0 Å². The molecule has 0 N–H and O–H groups in total. The molecule has 1 aromatic rings. The van der Waals surface area contributed by atoms with E-state index in [0.717, 1.165) is 44.5 Å². The maximum absolute atomic E-state index is 12.9. The van der Waals surface area contributed by atoms with Crippen molar-refractivity contribution in [3.8, 4) is 0 Å². The second-order valence-electron chi connectivity index (χ2n) is 5.39. The lowest BCUT2D eigenvalue weighted by Gasteiger charge is -2.32. The van der Waals surface area contributed by atoms with Gasteiger partial charge in [-0.3, -0.25) is 4.90 Å². The number of anilines is 1. The fourth-order valence-electron chi connectivity index (χ4n) is 2.72. The summed E-state index contributed by atoms with van der Waals surface area (Å²) in [5.41, 5.74) is 0.775. The van der Waals surface area contributed by atoms with Gasteiger partial charge in [-0.05, 0) is 31.4 Å². The predicted octanol–water partition coefficient (Wildman–Crippen LogP) is 4.72. The minimum absolute atomic E-state index is 0.00373. The highest BCUT2D eigenvalue weighted by atomic mass is 35.5. The average molecular weight is 307 g/mol. The van der Waals surface area contributed by atoms with Crippen LogP contribution in [-0.2, 0) is 0 Å². The number of para-hydroxylation sites is 1. The molecule has 1 atom stereocenters. The van der Waals surface area contributed by atoms with Crippen molar-refractivity contribution in [1.29, 1.82) is 0 Å². The van der Waals surface area contributed by atoms with E-state index in [2.05, 4.69) is 13.5 Å². The number of benzene rings is 1. The first-order valence-electron chi connectivity index (χ1n) is 7.64. The predicted molar refractivity (Wildman–Crippen MR) is 89.0 cm³/mol. The molecular formula is C17H23ClN2O. The molecule has 0 bridgehead atoms. The van der Waals surface area contributed by atoms with E-state index >= 15 is 0 Å². The second-order valence-corrected chi connectivity index (χ2v) is 5.80. The van der Waals surface area contributed by atoms with Gasteiger partial charge in [0.2, 0.25) is 0 Å². The molecule has 1 saturated heterocycles. The van der Waals surface area contributed by atoms with Crippen molar-refractivity contribution in [3.63, 3.8) is 0 Å². The number of carbonyl (C=O) groups is 1. The molecule has 0 radical (unpaired) electrons. The molecule has 0 aliphatic carbocycles. The zero-order chi connectivity index (χ0) is 15.2. The molecule has 4 heteroatoms. The number of urea groups is 1. The normalized spacial score (nSPS) is 19.5. The maximum Gasteiger partial charge on any atom is 0.325 e. The van der Waals surface area contributed by atoms with Gasteiger partial charge in [-0.25, -0.2) is 4.79 Å². The van der Waals surface area contributed by atoms with E-state index in [9.17, 15) is 4.79 Å². The summed E-state index contributed by atoms with van der Waals surface area (Å²) in [7, 11) is 0. The van der Waals surface area contributed by atoms with Gasteiger partial charge in [-0.15, -0.1) is 6.58 Å². The summed E-state index contributed by atoms with van der Waals surface area (Å²) in [5, 5.41) is 0.607. The molecule has 1 aromatic carbocycles. The van der Waals surface area contributed by atoms with Crippen molar-refractivity contribution < 1.29 is 4.79 Å². The number of unbranched alkanes of at least 4 members (excludes halogenated alkanes) is 1. The van der Waals surface area contributed by atoms with Gasteiger partial charge in [-0.1, -0.05) is 43.2 Å². The van der Waals surface area contributed by atoms with E-state index in [4.69, 9.17) is 11.6 Å². The van der Waals surface area contributed by atoms with Gasteiger partial charge in [0, 0.05) is 13.1 Å². The summed E-state index contributed by atoms with van der Waals surface area (Å²) in [4.78, 5) is 16.7. The summed E-state index contributed by atoms with van der Waals surface area (Å²) in [6.45, 7) is 7.65. The Morgan fingerprint density at radius 3 is 2.86 bits per heavy atom. The van der Waals surface area contributed by atoms with Gasteiger partial charge >= 0.3 is 6.03 Å². The van der Waals surface area contributed by atoms with E-state index in [0.29, 0.717) is 5.02 Å². The molecule has 21 heavy (non-hydrogen) atoms. The minimum atomic E-state index is 0.00373. The quantitative estimate of drug-likeness (QED) is 0.722. The van der Waals surface area contributed by atoms with Crippen LogP contribution in [0.1, 0.15) is 32.6 Å². The third-order valence-corrected chi connectivity index (χ3v) is 4.22. The summed E-state index contributed by atoms with van der Waals surface area (Å²) < 4.78 is 0. The molecule has 1 fully saturated rings. The van der Waals surface area contributed by atoms with Crippen molar-refractivity contribution in [1.82, 2.24) is 4.90 Å². The Hall–Kier alpha value is -1.48. The molecule has 1 aliphatic heterocycles. The lowest BCUT2D eigenvalue weighted by Crippen LogP contribution is -2.46. The number of hydrogen-bond donors (Lipinski definition) is 0. The van der Waals surface area contributed by atoms with Crippen molar-refractivity contribution in [3.05, 3.63) is 41.9 Å². The van der Waals surface area contributed by atoms with Crippen LogP contribution in [0.25, 0.3) is 0 Å². The van der Waals surface area contributed by atoms with Crippen molar-refractivity contribution in [2.75, 3.05) is 18.0 Å². The topological polar surface area (TPSA) is 23.6 Å². The maximum atomic E-state index is 12.9. The van der Waals surface area contributed by atoms with Gasteiger partial charge < -0.3 is 4.90 Å². The SMILES string of the molecule is C=CC1CCCN(CCCC)C(=O)N1c1ccccc1Cl. The summed E-state index contributed by atoms with van der Waals surface area (Å²) in [6, 6.07) is 7.57. The van der Waals surface area contributed by atoms with Crippen LogP contribution in [0.2, 0.25) is 5.02 Å². The van der Waals surface area contributed by atoms with Crippen LogP contribution >= 0.6 is 11.6 Å². The number of carbonyl (C=O) groups excluding carboxylic acids is 1. The van der Waals surface area contributed by atoms with Gasteiger partial charge in [0.05, 0.1) is 16.8 Å². The molecule has 1 heterocycles. The van der Waals surface area contributed by atoms with E-state index in [1.807, 2.05) is 35.2 Å². The fourth-order valence-corrected chi connectivity index (χ4v) is 2.95. The Morgan fingerprint density at radius 1 is 1.43 bits per heavy atom. The molecule has 1 aliphatic rings. The van der Waals surface area contributed by atoms with Gasteiger partial charge in [0.15, 0.2) is 0 Å². The smallest absolute Gasteiger partial charge is 0.324 e. The molecule has 3 nitrogen and oxygen atoms in total. The summed E-state index contributed by atoms with van der Waals surface area (Å²) in [6.07, 6.45) is 5.88. The molecular weight excluding hydrogens is 284 g/mol. The Labute approximate surface area is 132 Å². The highest BCUT2D eigenvalue weighted by molar-refractivity contribution is 6.33. The van der Waals surface area contributed by atoms with Crippen LogP contribution in [-0.4, -0.2) is 30.1 Å². The molecule has 114 valence electrons. The van der Waals surface area contributed by atoms with E-state index in [1.165, 1.54) is 0 Å². The molecule has 2 amide bonds. The lowest BCUT2D eigenvalue weighted by molar-refractivity contribution is 0.207. The van der Waals surface area contributed by atoms with Crippen LogP contribution in [0.15, 0.2) is 36.9 Å². The third-order valence-electron chi connectivity index (χ3n) is 3.90. The Bertz CT molecular complexity index is 503. The standard InChI is InChI=1S/C17H23ClN2O/c1-3-5-12-19-13-8-9-14(4-2)20(17(19)21)16-11-7-6-10-15(16)18/h4,6-7,10-11,14H,2-3,5,8-9,12-13H2,1H3. The average Bonchev–Trinajstić information content (AvgIpc) is 2.65. The number of rotatable bonds is 5. The highest BCUT2D eigenvalue weighted by Gasteiger charge is 2.31. The van der Waals surface area contributed by atoms with Crippen LogP contribution in [0.4, 0.5) is 10.5 Å². The zero-order valence-electron chi connectivity index (χ0n) is 12.6. The number of amides is 2. The highest BCUT2D eigenvalue weighted by Crippen LogP contribution is 2.31. The van der Waals surface area contributed by atoms with Crippen molar-refractivity contribution in [2.45, 2.75) is 38.6 Å². The van der Waals surface area contributed by atoms with Crippen LogP contribution in [0, 0.1) is 0 Å². The van der Waals surface area contributed by atoms with Crippen molar-refractivity contribution >= 4 is 23.3 Å². The van der Waals surface area contributed by atoms with Crippen molar-refractivity contribution in [2.24, 2.45) is 0 Å². The minimum Gasteiger partial charge on any atom is -0.324 e. The number of nitrogens with zero attached hydrogens (tertiary/aromatic N) is 2. The van der Waals surface area contributed by atoms with E-state index < -0.39 is 0 Å². The second kappa shape index (κ2) is 7.51. The first-order valence-corrected chi connectivity index (χ1v) is 8.02. The zero-order valence-corrected chi connectivity index (χ0v) is 13.4. The largest absolute Gasteiger partial charge is 0.325 e. The molecule has 2 rings (SSSR count). The monoisotopic (exact) mass is 306 g/mol. The molecule has 0 aromatic heterocycles. The van der Waals surface area contributed by atoms with Gasteiger partial charge in [0.1, 0.15) is 0 Å². The third kappa shape index (κ3) is 3.59. The first kappa shape index (κ1) is 15.9. The first-order chi connectivity index (χ1) is 10.2. The fraction of sp³-hybridized carbons (Fsp3) is 0.471. The molecule has 0 spiro atoms. The summed E-state index contributed by atoms with van der Waals surface area (Å²) >= 11 is 6.30. The lowest BCUT2D eigenvalue weighted by atomic mass is 10.1. The summed E-state index contributed by atoms with van der Waals surface area (Å²) in [5.74, 6) is 0. The number of hydrogen-bond acceptors (Lipinski definition) is 1. The van der Waals surface area contributed by atoms with Gasteiger partial charge in [-0.2, -0.15) is 0 Å². The number of halogens is 1. The molecule has 1 unspecified atom stereocenters.